The van der Waals surface area contributed by atoms with Crippen LogP contribution in [0.3, 0.4) is 0 Å². The van der Waals surface area contributed by atoms with E-state index in [9.17, 15) is 5.11 Å². The number of aliphatic hydroxyl groups is 1. The van der Waals surface area contributed by atoms with Gasteiger partial charge in [-0.2, -0.15) is 0 Å². The summed E-state index contributed by atoms with van der Waals surface area (Å²) in [4.78, 5) is 0. The lowest BCUT2D eigenvalue weighted by atomic mass is 10.0. The van der Waals surface area contributed by atoms with Gasteiger partial charge in [0.2, 0.25) is 5.79 Å². The van der Waals surface area contributed by atoms with E-state index in [4.69, 9.17) is 21.1 Å². The second-order valence-electron chi connectivity index (χ2n) is 4.79. The Morgan fingerprint density at radius 2 is 2.28 bits per heavy atom. The number of ether oxygens (including phenoxy) is 2. The van der Waals surface area contributed by atoms with Crippen molar-refractivity contribution < 1.29 is 14.6 Å². The van der Waals surface area contributed by atoms with E-state index in [0.29, 0.717) is 13.0 Å². The number of benzene rings is 1. The van der Waals surface area contributed by atoms with E-state index in [1.807, 2.05) is 25.1 Å². The van der Waals surface area contributed by atoms with Gasteiger partial charge in [-0.1, -0.05) is 18.2 Å². The minimum absolute atomic E-state index is 0.240. The van der Waals surface area contributed by atoms with Crippen molar-refractivity contribution in [2.45, 2.75) is 38.1 Å². The minimum atomic E-state index is -0.597. The Morgan fingerprint density at radius 1 is 1.50 bits per heavy atom. The number of hydrogen-bond donors (Lipinski definition) is 1. The van der Waals surface area contributed by atoms with E-state index in [1.165, 1.54) is 5.56 Å². The van der Waals surface area contributed by atoms with Gasteiger partial charge in [0.05, 0.1) is 12.7 Å². The number of alkyl halides is 1. The molecule has 1 aliphatic rings. The van der Waals surface area contributed by atoms with E-state index in [1.54, 1.807) is 0 Å². The number of rotatable bonds is 5. The summed E-state index contributed by atoms with van der Waals surface area (Å²) in [6.45, 7) is 2.39. The summed E-state index contributed by atoms with van der Waals surface area (Å²) in [5.74, 6) is 0.536. The molecule has 0 radical (unpaired) electrons. The number of fused-ring (bicyclic) bond motifs is 1. The van der Waals surface area contributed by atoms with Crippen LogP contribution in [0.15, 0.2) is 24.3 Å². The van der Waals surface area contributed by atoms with Crippen molar-refractivity contribution in [2.75, 3.05) is 12.5 Å². The van der Waals surface area contributed by atoms with Crippen molar-refractivity contribution in [1.29, 1.82) is 0 Å². The molecular formula is C14H19ClO3. The van der Waals surface area contributed by atoms with Crippen LogP contribution in [0.1, 0.15) is 25.3 Å². The highest BCUT2D eigenvalue weighted by molar-refractivity contribution is 6.18. The Balaban J connectivity index is 1.90. The molecular weight excluding hydrogens is 252 g/mol. The summed E-state index contributed by atoms with van der Waals surface area (Å²) < 4.78 is 11.7. The third-order valence-electron chi connectivity index (χ3n) is 3.18. The lowest BCUT2D eigenvalue weighted by Gasteiger charge is -2.35. The molecule has 0 saturated carbocycles. The molecule has 0 saturated heterocycles. The van der Waals surface area contributed by atoms with E-state index in [0.717, 1.165) is 18.6 Å². The molecule has 2 atom stereocenters. The lowest BCUT2D eigenvalue weighted by molar-refractivity contribution is -0.183. The van der Waals surface area contributed by atoms with E-state index >= 15 is 0 Å². The molecule has 1 aromatic carbocycles. The van der Waals surface area contributed by atoms with Gasteiger partial charge in [-0.3, -0.25) is 0 Å². The molecule has 0 fully saturated rings. The van der Waals surface area contributed by atoms with Gasteiger partial charge in [-0.15, -0.1) is 11.6 Å². The first-order chi connectivity index (χ1) is 8.63. The smallest absolute Gasteiger partial charge is 0.208 e. The molecule has 1 N–H and O–H groups in total. The molecule has 2 rings (SSSR count). The predicted molar refractivity (Wildman–Crippen MR) is 71.1 cm³/mol. The van der Waals surface area contributed by atoms with Gasteiger partial charge in [-0.05, 0) is 24.5 Å². The van der Waals surface area contributed by atoms with E-state index in [-0.39, 0.29) is 5.88 Å². The van der Waals surface area contributed by atoms with Crippen LogP contribution in [0.4, 0.5) is 0 Å². The standard InChI is InChI=1S/C14H19ClO3/c1-14(17-9-7-12(16)10-15)8-6-11-4-2-3-5-13(11)18-14/h2-5,12,16H,6-10H2,1H3. The Bertz CT molecular complexity index is 396. The normalized spacial score (nSPS) is 24.2. The van der Waals surface area contributed by atoms with Gasteiger partial charge in [-0.25, -0.2) is 0 Å². The highest BCUT2D eigenvalue weighted by atomic mass is 35.5. The van der Waals surface area contributed by atoms with Crippen LogP contribution in [-0.2, 0) is 11.2 Å². The fourth-order valence-corrected chi connectivity index (χ4v) is 2.20. The van der Waals surface area contributed by atoms with Gasteiger partial charge in [0.15, 0.2) is 0 Å². The summed E-state index contributed by atoms with van der Waals surface area (Å²) >= 11 is 5.54. The molecule has 100 valence electrons. The zero-order valence-electron chi connectivity index (χ0n) is 10.6. The SMILES string of the molecule is CC1(OCCC(O)CCl)CCc2ccccc2O1. The van der Waals surface area contributed by atoms with Crippen molar-refractivity contribution in [2.24, 2.45) is 0 Å². The molecule has 1 aliphatic heterocycles. The zero-order valence-corrected chi connectivity index (χ0v) is 11.3. The Labute approximate surface area is 113 Å². The molecule has 18 heavy (non-hydrogen) atoms. The number of hydrogen-bond acceptors (Lipinski definition) is 3. The van der Waals surface area contributed by atoms with Crippen molar-refractivity contribution in [1.82, 2.24) is 0 Å². The molecule has 0 bridgehead atoms. The first-order valence-electron chi connectivity index (χ1n) is 6.28. The molecule has 1 heterocycles. The third-order valence-corrected chi connectivity index (χ3v) is 3.54. The van der Waals surface area contributed by atoms with Gasteiger partial charge < -0.3 is 14.6 Å². The fraction of sp³-hybridized carbons (Fsp3) is 0.571. The van der Waals surface area contributed by atoms with Crippen molar-refractivity contribution in [3.05, 3.63) is 29.8 Å². The van der Waals surface area contributed by atoms with Gasteiger partial charge >= 0.3 is 0 Å². The average molecular weight is 271 g/mol. The highest BCUT2D eigenvalue weighted by Crippen LogP contribution is 2.33. The van der Waals surface area contributed by atoms with Crippen LogP contribution in [0.5, 0.6) is 5.75 Å². The van der Waals surface area contributed by atoms with Crippen LogP contribution in [-0.4, -0.2) is 29.5 Å². The zero-order chi connectivity index (χ0) is 13.0. The lowest BCUT2D eigenvalue weighted by Crippen LogP contribution is -2.40. The van der Waals surface area contributed by atoms with Crippen LogP contribution in [0.2, 0.25) is 0 Å². The molecule has 0 amide bonds. The first-order valence-corrected chi connectivity index (χ1v) is 6.81. The second kappa shape index (κ2) is 5.91. The summed E-state index contributed by atoms with van der Waals surface area (Å²) in [6, 6.07) is 8.01. The second-order valence-corrected chi connectivity index (χ2v) is 5.10. The molecule has 4 heteroatoms. The highest BCUT2D eigenvalue weighted by Gasteiger charge is 2.32. The van der Waals surface area contributed by atoms with Gasteiger partial charge in [0.25, 0.3) is 0 Å². The summed E-state index contributed by atoms with van der Waals surface area (Å²) in [7, 11) is 0. The minimum Gasteiger partial charge on any atom is -0.462 e. The van der Waals surface area contributed by atoms with Crippen LogP contribution < -0.4 is 4.74 Å². The van der Waals surface area contributed by atoms with Gasteiger partial charge in [0, 0.05) is 19.2 Å². The molecule has 2 unspecified atom stereocenters. The van der Waals surface area contributed by atoms with Crippen molar-refractivity contribution >= 4 is 11.6 Å². The molecule has 0 spiro atoms. The molecule has 0 aromatic heterocycles. The van der Waals surface area contributed by atoms with Crippen molar-refractivity contribution in [3.63, 3.8) is 0 Å². The first kappa shape index (κ1) is 13.7. The predicted octanol–water partition coefficient (Wildman–Crippen LogP) is 2.73. The van der Waals surface area contributed by atoms with E-state index < -0.39 is 11.9 Å². The topological polar surface area (TPSA) is 38.7 Å². The number of aryl methyl sites for hydroxylation is 1. The van der Waals surface area contributed by atoms with Crippen LogP contribution in [0, 0.1) is 0 Å². The summed E-state index contributed by atoms with van der Waals surface area (Å²) in [5.41, 5.74) is 1.22. The molecule has 0 aliphatic carbocycles. The van der Waals surface area contributed by atoms with Crippen LogP contribution >= 0.6 is 11.6 Å². The monoisotopic (exact) mass is 270 g/mol. The quantitative estimate of drug-likeness (QED) is 0.836. The maximum Gasteiger partial charge on any atom is 0.208 e. The number of para-hydroxylation sites is 1. The number of aliphatic hydroxyl groups excluding tert-OH is 1. The molecule has 1 aromatic rings. The Morgan fingerprint density at radius 3 is 3.06 bits per heavy atom. The summed E-state index contributed by atoms with van der Waals surface area (Å²) in [5, 5.41) is 9.38. The maximum atomic E-state index is 9.38. The van der Waals surface area contributed by atoms with Crippen LogP contribution in [0.25, 0.3) is 0 Å². The van der Waals surface area contributed by atoms with E-state index in [2.05, 4.69) is 6.07 Å². The fourth-order valence-electron chi connectivity index (χ4n) is 2.04. The van der Waals surface area contributed by atoms with Crippen molar-refractivity contribution in [3.8, 4) is 5.75 Å². The number of halogens is 1. The Hall–Kier alpha value is -0.770. The molecule has 3 nitrogen and oxygen atoms in total. The Kier molecular flexibility index (Phi) is 4.49. The maximum absolute atomic E-state index is 9.38. The third kappa shape index (κ3) is 3.37. The van der Waals surface area contributed by atoms with Gasteiger partial charge in [0.1, 0.15) is 5.75 Å². The largest absolute Gasteiger partial charge is 0.462 e. The average Bonchev–Trinajstić information content (AvgIpc) is 2.38. The summed E-state index contributed by atoms with van der Waals surface area (Å²) in [6.07, 6.45) is 1.79.